The van der Waals surface area contributed by atoms with Crippen LogP contribution in [-0.4, -0.2) is 41.3 Å². The number of carbonyl (C=O) groups is 1. The summed E-state index contributed by atoms with van der Waals surface area (Å²) < 4.78 is 5.11. The Kier molecular flexibility index (Phi) is 6.42. The first-order chi connectivity index (χ1) is 9.92. The van der Waals surface area contributed by atoms with Gasteiger partial charge >= 0.3 is 0 Å². The Morgan fingerprint density at radius 3 is 2.62 bits per heavy atom. The van der Waals surface area contributed by atoms with Crippen LogP contribution in [0.3, 0.4) is 0 Å². The van der Waals surface area contributed by atoms with Crippen LogP contribution in [0, 0.1) is 10.1 Å². The van der Waals surface area contributed by atoms with Crippen molar-refractivity contribution in [2.45, 2.75) is 26.3 Å². The molecular formula is C14H19ClN2O4. The summed E-state index contributed by atoms with van der Waals surface area (Å²) in [5.41, 5.74) is 0.201. The Morgan fingerprint density at radius 1 is 1.48 bits per heavy atom. The zero-order valence-electron chi connectivity index (χ0n) is 12.3. The minimum atomic E-state index is -0.523. The molecule has 1 aromatic rings. The number of nitrogens with zero attached hydrogens (tertiary/aromatic N) is 2. The number of ether oxygens (including phenoxy) is 1. The monoisotopic (exact) mass is 314 g/mol. The van der Waals surface area contributed by atoms with Crippen molar-refractivity contribution in [3.8, 4) is 5.75 Å². The number of non-ortho nitro benzene ring substituents is 1. The smallest absolute Gasteiger partial charge is 0.273 e. The number of hydrogen-bond acceptors (Lipinski definition) is 4. The minimum Gasteiger partial charge on any atom is -0.496 e. The second-order valence-electron chi connectivity index (χ2n) is 4.78. The van der Waals surface area contributed by atoms with Gasteiger partial charge in [0.25, 0.3) is 11.6 Å². The lowest BCUT2D eigenvalue weighted by molar-refractivity contribution is -0.384. The Hall–Kier alpha value is -1.82. The van der Waals surface area contributed by atoms with Gasteiger partial charge in [-0.2, -0.15) is 0 Å². The summed E-state index contributed by atoms with van der Waals surface area (Å²) in [4.78, 5) is 24.5. The molecule has 0 N–H and O–H groups in total. The largest absolute Gasteiger partial charge is 0.496 e. The maximum atomic E-state index is 12.6. The third-order valence-corrected chi connectivity index (χ3v) is 3.31. The number of alkyl halides is 1. The molecule has 0 bridgehead atoms. The topological polar surface area (TPSA) is 72.7 Å². The molecule has 0 aliphatic heterocycles. The number of rotatable bonds is 7. The molecule has 0 spiro atoms. The van der Waals surface area contributed by atoms with Crippen LogP contribution in [0.1, 0.15) is 30.6 Å². The zero-order valence-corrected chi connectivity index (χ0v) is 13.1. The summed E-state index contributed by atoms with van der Waals surface area (Å²) >= 11 is 5.68. The average molecular weight is 315 g/mol. The van der Waals surface area contributed by atoms with Gasteiger partial charge in [0.2, 0.25) is 0 Å². The SMILES string of the molecule is COc1cc([N+](=O)[O-])ccc1C(=O)N(CCCCl)C(C)C. The molecule has 0 aliphatic rings. The Labute approximate surface area is 128 Å². The van der Waals surface area contributed by atoms with Gasteiger partial charge in [-0.3, -0.25) is 14.9 Å². The van der Waals surface area contributed by atoms with Crippen LogP contribution in [0.5, 0.6) is 5.75 Å². The molecule has 116 valence electrons. The molecule has 1 rings (SSSR count). The minimum absolute atomic E-state index is 0.000569. The molecule has 0 aromatic heterocycles. The number of hydrogen-bond donors (Lipinski definition) is 0. The van der Waals surface area contributed by atoms with E-state index in [2.05, 4.69) is 0 Å². The van der Waals surface area contributed by atoms with E-state index in [4.69, 9.17) is 16.3 Å². The fraction of sp³-hybridized carbons (Fsp3) is 0.500. The predicted molar refractivity (Wildman–Crippen MR) is 81.2 cm³/mol. The van der Waals surface area contributed by atoms with Crippen molar-refractivity contribution in [2.24, 2.45) is 0 Å². The summed E-state index contributed by atoms with van der Waals surface area (Å²) in [6.45, 7) is 4.34. The first-order valence-electron chi connectivity index (χ1n) is 6.61. The maximum absolute atomic E-state index is 12.6. The van der Waals surface area contributed by atoms with E-state index in [1.54, 1.807) is 4.90 Å². The standard InChI is InChI=1S/C14H19ClN2O4/c1-10(2)16(8-4-7-15)14(18)12-6-5-11(17(19)20)9-13(12)21-3/h5-6,9-10H,4,7-8H2,1-3H3. The number of carbonyl (C=O) groups excluding carboxylic acids is 1. The van der Waals surface area contributed by atoms with E-state index in [0.717, 1.165) is 0 Å². The Bertz CT molecular complexity index is 520. The van der Waals surface area contributed by atoms with E-state index < -0.39 is 4.92 Å². The van der Waals surface area contributed by atoms with Crippen LogP contribution in [0.2, 0.25) is 0 Å². The highest BCUT2D eigenvalue weighted by atomic mass is 35.5. The van der Waals surface area contributed by atoms with Gasteiger partial charge in [0.15, 0.2) is 0 Å². The normalized spacial score (nSPS) is 10.5. The Balaban J connectivity index is 3.12. The van der Waals surface area contributed by atoms with Crippen molar-refractivity contribution in [2.75, 3.05) is 19.5 Å². The van der Waals surface area contributed by atoms with Crippen molar-refractivity contribution in [3.05, 3.63) is 33.9 Å². The number of methoxy groups -OCH3 is 1. The number of nitro benzene ring substituents is 1. The molecule has 1 aromatic carbocycles. The van der Waals surface area contributed by atoms with Crippen molar-refractivity contribution >= 4 is 23.2 Å². The summed E-state index contributed by atoms with van der Waals surface area (Å²) in [5, 5.41) is 10.8. The van der Waals surface area contributed by atoms with Gasteiger partial charge in [-0.15, -0.1) is 11.6 Å². The molecule has 0 fully saturated rings. The fourth-order valence-corrected chi connectivity index (χ4v) is 2.07. The van der Waals surface area contributed by atoms with Gasteiger partial charge in [-0.1, -0.05) is 0 Å². The van der Waals surface area contributed by atoms with Crippen LogP contribution in [0.4, 0.5) is 5.69 Å². The van der Waals surface area contributed by atoms with Crippen molar-refractivity contribution in [1.82, 2.24) is 4.90 Å². The maximum Gasteiger partial charge on any atom is 0.273 e. The predicted octanol–water partition coefficient (Wildman–Crippen LogP) is 3.08. The van der Waals surface area contributed by atoms with E-state index in [0.29, 0.717) is 24.4 Å². The highest BCUT2D eigenvalue weighted by Crippen LogP contribution is 2.26. The van der Waals surface area contributed by atoms with Gasteiger partial charge in [-0.05, 0) is 26.3 Å². The molecule has 6 nitrogen and oxygen atoms in total. The molecule has 21 heavy (non-hydrogen) atoms. The zero-order chi connectivity index (χ0) is 16.0. The van der Waals surface area contributed by atoms with E-state index in [1.165, 1.54) is 25.3 Å². The van der Waals surface area contributed by atoms with Gasteiger partial charge in [0.05, 0.1) is 23.7 Å². The molecule has 0 atom stereocenters. The van der Waals surface area contributed by atoms with Crippen LogP contribution < -0.4 is 4.74 Å². The second-order valence-corrected chi connectivity index (χ2v) is 5.15. The molecular weight excluding hydrogens is 296 g/mol. The summed E-state index contributed by atoms with van der Waals surface area (Å²) in [6.07, 6.45) is 0.681. The average Bonchev–Trinajstić information content (AvgIpc) is 2.46. The van der Waals surface area contributed by atoms with Crippen molar-refractivity contribution in [3.63, 3.8) is 0 Å². The molecule has 0 heterocycles. The number of amides is 1. The van der Waals surface area contributed by atoms with Gasteiger partial charge < -0.3 is 9.64 Å². The van der Waals surface area contributed by atoms with Gasteiger partial charge in [-0.25, -0.2) is 0 Å². The molecule has 7 heteroatoms. The molecule has 0 unspecified atom stereocenters. The summed E-state index contributed by atoms with van der Waals surface area (Å²) in [7, 11) is 1.38. The molecule has 0 saturated carbocycles. The lowest BCUT2D eigenvalue weighted by atomic mass is 10.1. The summed E-state index contributed by atoms with van der Waals surface area (Å²) in [5.74, 6) is 0.445. The number of nitro groups is 1. The van der Waals surface area contributed by atoms with Gasteiger partial charge in [0.1, 0.15) is 5.75 Å². The van der Waals surface area contributed by atoms with E-state index in [-0.39, 0.29) is 23.4 Å². The van der Waals surface area contributed by atoms with Crippen LogP contribution >= 0.6 is 11.6 Å². The van der Waals surface area contributed by atoms with Crippen LogP contribution in [0.25, 0.3) is 0 Å². The molecule has 0 radical (unpaired) electrons. The third-order valence-electron chi connectivity index (χ3n) is 3.04. The number of benzene rings is 1. The van der Waals surface area contributed by atoms with Crippen molar-refractivity contribution in [1.29, 1.82) is 0 Å². The third kappa shape index (κ3) is 4.32. The van der Waals surface area contributed by atoms with E-state index >= 15 is 0 Å². The molecule has 1 amide bonds. The molecule has 0 saturated heterocycles. The van der Waals surface area contributed by atoms with Crippen molar-refractivity contribution < 1.29 is 14.5 Å². The van der Waals surface area contributed by atoms with E-state index in [9.17, 15) is 14.9 Å². The van der Waals surface area contributed by atoms with Gasteiger partial charge in [0, 0.05) is 24.5 Å². The molecule has 0 aliphatic carbocycles. The van der Waals surface area contributed by atoms with Crippen LogP contribution in [-0.2, 0) is 0 Å². The highest BCUT2D eigenvalue weighted by molar-refractivity contribution is 6.17. The lowest BCUT2D eigenvalue weighted by Crippen LogP contribution is -2.38. The first-order valence-corrected chi connectivity index (χ1v) is 7.15. The first kappa shape index (κ1) is 17.2. The number of halogens is 1. The summed E-state index contributed by atoms with van der Waals surface area (Å²) in [6, 6.07) is 3.99. The highest BCUT2D eigenvalue weighted by Gasteiger charge is 2.23. The second kappa shape index (κ2) is 7.83. The van der Waals surface area contributed by atoms with Crippen LogP contribution in [0.15, 0.2) is 18.2 Å². The fourth-order valence-electron chi connectivity index (χ4n) is 1.95. The lowest BCUT2D eigenvalue weighted by Gasteiger charge is -2.27. The van der Waals surface area contributed by atoms with E-state index in [1.807, 2.05) is 13.8 Å². The Morgan fingerprint density at radius 2 is 2.14 bits per heavy atom. The quantitative estimate of drug-likeness (QED) is 0.440.